The van der Waals surface area contributed by atoms with Crippen molar-refractivity contribution < 1.29 is 4.79 Å². The Bertz CT molecular complexity index is 741. The molecule has 0 aromatic carbocycles. The topological polar surface area (TPSA) is 68.8 Å². The monoisotopic (exact) mass is 314 g/mol. The van der Waals surface area contributed by atoms with E-state index >= 15 is 0 Å². The van der Waals surface area contributed by atoms with Gasteiger partial charge in [-0.15, -0.1) is 5.10 Å². The van der Waals surface area contributed by atoms with E-state index in [-0.39, 0.29) is 23.2 Å². The quantitative estimate of drug-likeness (QED) is 0.860. The van der Waals surface area contributed by atoms with Crippen LogP contribution in [0.15, 0.2) is 18.7 Å². The molecule has 7 nitrogen and oxygen atoms in total. The first kappa shape index (κ1) is 14.4. The minimum absolute atomic E-state index is 0.0110. The van der Waals surface area contributed by atoms with Crippen LogP contribution in [-0.2, 0) is 13.6 Å². The molecule has 0 spiro atoms. The number of imidazole rings is 1. The van der Waals surface area contributed by atoms with E-state index in [0.29, 0.717) is 6.54 Å². The summed E-state index contributed by atoms with van der Waals surface area (Å²) in [6, 6.07) is -0.0208. The summed E-state index contributed by atoms with van der Waals surface area (Å²) in [5.41, 5.74) is 0.0110. The maximum Gasteiger partial charge on any atom is 0.294 e. The van der Waals surface area contributed by atoms with Crippen molar-refractivity contribution in [1.82, 2.24) is 29.2 Å². The van der Waals surface area contributed by atoms with Gasteiger partial charge >= 0.3 is 0 Å². The highest BCUT2D eigenvalue weighted by atomic mass is 16.2. The van der Waals surface area contributed by atoms with Gasteiger partial charge in [-0.3, -0.25) is 9.48 Å². The molecule has 1 saturated heterocycles. The number of hydrogen-bond acceptors (Lipinski definition) is 4. The molecule has 7 heteroatoms. The van der Waals surface area contributed by atoms with Gasteiger partial charge in [0, 0.05) is 37.9 Å². The van der Waals surface area contributed by atoms with Crippen LogP contribution in [0.5, 0.6) is 0 Å². The van der Waals surface area contributed by atoms with Gasteiger partial charge in [-0.2, -0.15) is 0 Å². The molecule has 1 aliphatic heterocycles. The Hall–Kier alpha value is -2.18. The fraction of sp³-hybridized carbons (Fsp3) is 0.625. The van der Waals surface area contributed by atoms with Crippen molar-refractivity contribution in [3.63, 3.8) is 0 Å². The molecule has 2 aromatic heterocycles. The maximum absolute atomic E-state index is 12.7. The van der Waals surface area contributed by atoms with Crippen molar-refractivity contribution in [3.8, 4) is 0 Å². The van der Waals surface area contributed by atoms with E-state index in [1.165, 1.54) is 12.8 Å². The Morgan fingerprint density at radius 2 is 2.13 bits per heavy atom. The molecule has 1 atom stereocenters. The van der Waals surface area contributed by atoms with Crippen molar-refractivity contribution in [2.45, 2.75) is 39.3 Å². The molecule has 1 aliphatic carbocycles. The highest BCUT2D eigenvalue weighted by Gasteiger charge is 2.51. The number of carbonyl (C=O) groups excluding carboxylic acids is 1. The molecule has 2 aromatic rings. The average molecular weight is 314 g/mol. The summed E-state index contributed by atoms with van der Waals surface area (Å²) in [6.45, 7) is 6.07. The van der Waals surface area contributed by atoms with Crippen molar-refractivity contribution in [2.24, 2.45) is 18.4 Å². The van der Waals surface area contributed by atoms with Gasteiger partial charge in [0.1, 0.15) is 12.2 Å². The first-order valence-electron chi connectivity index (χ1n) is 8.13. The number of carbonyl (C=O) groups is 1. The standard InChI is InChI=1S/C16H22N6O/c1-16(2)9-22(15(23)13-18-10-20(3)19-13)12(16)14-17-6-7-21(14)8-11-4-5-11/h6-7,10-12H,4-5,8-9H2,1-3H3. The molecule has 1 amide bonds. The number of aryl methyl sites for hydroxylation is 1. The summed E-state index contributed by atoms with van der Waals surface area (Å²) in [5, 5.41) is 4.15. The van der Waals surface area contributed by atoms with Crippen LogP contribution < -0.4 is 0 Å². The van der Waals surface area contributed by atoms with Gasteiger partial charge in [0.2, 0.25) is 5.82 Å². The zero-order chi connectivity index (χ0) is 16.2. The van der Waals surface area contributed by atoms with Crippen LogP contribution in [0.3, 0.4) is 0 Å². The predicted molar refractivity (Wildman–Crippen MR) is 83.5 cm³/mol. The van der Waals surface area contributed by atoms with Crippen LogP contribution in [0.1, 0.15) is 49.2 Å². The van der Waals surface area contributed by atoms with Gasteiger partial charge in [0.25, 0.3) is 5.91 Å². The zero-order valence-electron chi connectivity index (χ0n) is 13.8. The normalized spacial score (nSPS) is 22.9. The summed E-state index contributed by atoms with van der Waals surface area (Å²) >= 11 is 0. The Morgan fingerprint density at radius 1 is 1.35 bits per heavy atom. The van der Waals surface area contributed by atoms with Crippen LogP contribution >= 0.6 is 0 Å². The number of aromatic nitrogens is 5. The smallest absolute Gasteiger partial charge is 0.294 e. The van der Waals surface area contributed by atoms with E-state index in [0.717, 1.165) is 18.3 Å². The lowest BCUT2D eigenvalue weighted by Crippen LogP contribution is -2.58. The average Bonchev–Trinajstić information content (AvgIpc) is 3.03. The van der Waals surface area contributed by atoms with E-state index in [4.69, 9.17) is 0 Å². The molecule has 2 fully saturated rings. The fourth-order valence-electron chi connectivity index (χ4n) is 3.47. The molecular formula is C16H22N6O. The highest BCUT2D eigenvalue weighted by molar-refractivity contribution is 5.91. The molecule has 1 unspecified atom stereocenters. The van der Waals surface area contributed by atoms with E-state index in [1.54, 1.807) is 18.1 Å². The van der Waals surface area contributed by atoms with Crippen molar-refractivity contribution in [3.05, 3.63) is 30.4 Å². The van der Waals surface area contributed by atoms with Crippen LogP contribution in [0, 0.1) is 11.3 Å². The van der Waals surface area contributed by atoms with Crippen LogP contribution in [0.4, 0.5) is 0 Å². The summed E-state index contributed by atoms with van der Waals surface area (Å²) < 4.78 is 3.77. The second kappa shape index (κ2) is 4.91. The highest BCUT2D eigenvalue weighted by Crippen LogP contribution is 2.48. The van der Waals surface area contributed by atoms with Gasteiger partial charge in [0.05, 0.1) is 6.04 Å². The fourth-order valence-corrected chi connectivity index (χ4v) is 3.47. The van der Waals surface area contributed by atoms with Crippen LogP contribution in [0.2, 0.25) is 0 Å². The van der Waals surface area contributed by atoms with Crippen molar-refractivity contribution in [2.75, 3.05) is 6.54 Å². The summed E-state index contributed by atoms with van der Waals surface area (Å²) in [7, 11) is 1.77. The molecule has 122 valence electrons. The number of hydrogen-bond donors (Lipinski definition) is 0. The Labute approximate surface area is 135 Å². The van der Waals surface area contributed by atoms with Crippen LogP contribution in [0.25, 0.3) is 0 Å². The third-order valence-corrected chi connectivity index (χ3v) is 4.83. The number of amides is 1. The molecule has 2 aliphatic rings. The first-order chi connectivity index (χ1) is 11.0. The number of nitrogens with zero attached hydrogens (tertiary/aromatic N) is 6. The molecule has 0 bridgehead atoms. The summed E-state index contributed by atoms with van der Waals surface area (Å²) in [6.07, 6.45) is 8.02. The Kier molecular flexibility index (Phi) is 3.08. The molecule has 4 rings (SSSR count). The summed E-state index contributed by atoms with van der Waals surface area (Å²) in [5.74, 6) is 1.90. The van der Waals surface area contributed by atoms with E-state index < -0.39 is 0 Å². The summed E-state index contributed by atoms with van der Waals surface area (Å²) in [4.78, 5) is 23.2. The van der Waals surface area contributed by atoms with Gasteiger partial charge < -0.3 is 9.47 Å². The van der Waals surface area contributed by atoms with Gasteiger partial charge in [-0.25, -0.2) is 9.97 Å². The Balaban J connectivity index is 1.62. The van der Waals surface area contributed by atoms with E-state index in [2.05, 4.69) is 33.5 Å². The number of rotatable bonds is 4. The second-order valence-corrected chi connectivity index (χ2v) is 7.45. The molecule has 3 heterocycles. The molecule has 23 heavy (non-hydrogen) atoms. The first-order valence-corrected chi connectivity index (χ1v) is 8.13. The second-order valence-electron chi connectivity index (χ2n) is 7.45. The van der Waals surface area contributed by atoms with Gasteiger partial charge in [-0.05, 0) is 18.8 Å². The molecule has 0 N–H and O–H groups in total. The maximum atomic E-state index is 12.7. The van der Waals surface area contributed by atoms with E-state index in [1.807, 2.05) is 17.3 Å². The number of likely N-dealkylation sites (tertiary alicyclic amines) is 1. The third-order valence-electron chi connectivity index (χ3n) is 4.83. The lowest BCUT2D eigenvalue weighted by Gasteiger charge is -2.53. The van der Waals surface area contributed by atoms with Gasteiger partial charge in [-0.1, -0.05) is 13.8 Å². The van der Waals surface area contributed by atoms with Crippen LogP contribution in [-0.4, -0.2) is 41.7 Å². The largest absolute Gasteiger partial charge is 0.333 e. The third kappa shape index (κ3) is 2.44. The SMILES string of the molecule is Cn1cnc(C(=O)N2CC(C)(C)C2c2nccn2CC2CC2)n1. The van der Waals surface area contributed by atoms with Crippen molar-refractivity contribution >= 4 is 5.91 Å². The van der Waals surface area contributed by atoms with Crippen molar-refractivity contribution in [1.29, 1.82) is 0 Å². The van der Waals surface area contributed by atoms with Gasteiger partial charge in [0.15, 0.2) is 0 Å². The Morgan fingerprint density at radius 3 is 2.74 bits per heavy atom. The lowest BCUT2D eigenvalue weighted by atomic mass is 9.74. The predicted octanol–water partition coefficient (Wildman–Crippen LogP) is 1.64. The van der Waals surface area contributed by atoms with E-state index in [9.17, 15) is 4.79 Å². The molecule has 0 radical (unpaired) electrons. The molecular weight excluding hydrogens is 292 g/mol. The molecule has 1 saturated carbocycles. The minimum atomic E-state index is -0.115. The lowest BCUT2D eigenvalue weighted by molar-refractivity contribution is -0.0387. The minimum Gasteiger partial charge on any atom is -0.333 e. The zero-order valence-corrected chi connectivity index (χ0v) is 13.8.